The molecule has 0 bridgehead atoms. The van der Waals surface area contributed by atoms with Crippen molar-refractivity contribution in [1.29, 1.82) is 0 Å². The Labute approximate surface area is 167 Å². The molecule has 0 fully saturated rings. The Morgan fingerprint density at radius 3 is 2.79 bits per heavy atom. The second-order valence-electron chi connectivity index (χ2n) is 7.75. The molecule has 0 amide bonds. The quantitative estimate of drug-likeness (QED) is 0.572. The van der Waals surface area contributed by atoms with Gasteiger partial charge in [-0.25, -0.2) is 4.68 Å². The lowest BCUT2D eigenvalue weighted by atomic mass is 9.97. The SMILES string of the molecule is C=C(CC)/C(=C(\C)CC)n1nc2c(c1-c1ccc(C)c3[nH]ccc13)CNCC2. The average Bonchev–Trinajstić information content (AvgIpc) is 3.34. The summed E-state index contributed by atoms with van der Waals surface area (Å²) in [5, 5.41) is 9.93. The Morgan fingerprint density at radius 2 is 2.04 bits per heavy atom. The molecule has 28 heavy (non-hydrogen) atoms. The van der Waals surface area contributed by atoms with Gasteiger partial charge in [0.2, 0.25) is 0 Å². The first-order valence-electron chi connectivity index (χ1n) is 10.3. The van der Waals surface area contributed by atoms with E-state index in [4.69, 9.17) is 5.10 Å². The van der Waals surface area contributed by atoms with E-state index < -0.39 is 0 Å². The van der Waals surface area contributed by atoms with Gasteiger partial charge < -0.3 is 10.3 Å². The highest BCUT2D eigenvalue weighted by Gasteiger charge is 2.26. The van der Waals surface area contributed by atoms with E-state index in [2.05, 4.69) is 67.5 Å². The molecule has 0 radical (unpaired) electrons. The van der Waals surface area contributed by atoms with Gasteiger partial charge in [-0.3, -0.25) is 0 Å². The fourth-order valence-electron chi connectivity index (χ4n) is 4.22. The standard InChI is InChI=1S/C24H30N4/c1-6-15(3)23(16(4)7-2)28-24(20-14-25-12-11-21(20)27-28)19-9-8-17(5)22-18(19)10-13-26-22/h8-10,13,25-26H,3,6-7,11-12,14H2,1-2,4-5H3/b23-16-. The third-order valence-corrected chi connectivity index (χ3v) is 6.00. The van der Waals surface area contributed by atoms with Gasteiger partial charge in [0.05, 0.1) is 17.1 Å². The number of nitrogens with zero attached hydrogens (tertiary/aromatic N) is 2. The summed E-state index contributed by atoms with van der Waals surface area (Å²) in [6.45, 7) is 15.0. The van der Waals surface area contributed by atoms with Gasteiger partial charge in [-0.05, 0) is 49.5 Å². The number of hydrogen-bond acceptors (Lipinski definition) is 2. The molecule has 1 aliphatic rings. The van der Waals surface area contributed by atoms with Gasteiger partial charge >= 0.3 is 0 Å². The van der Waals surface area contributed by atoms with E-state index in [9.17, 15) is 0 Å². The minimum absolute atomic E-state index is 0.863. The van der Waals surface area contributed by atoms with E-state index in [-0.39, 0.29) is 0 Å². The average molecular weight is 375 g/mol. The Hall–Kier alpha value is -2.59. The van der Waals surface area contributed by atoms with Crippen LogP contribution in [0.15, 0.2) is 42.1 Å². The third-order valence-electron chi connectivity index (χ3n) is 6.00. The summed E-state index contributed by atoms with van der Waals surface area (Å²) in [5.74, 6) is 0. The van der Waals surface area contributed by atoms with Crippen molar-refractivity contribution in [2.75, 3.05) is 6.54 Å². The summed E-state index contributed by atoms with van der Waals surface area (Å²) in [5.41, 5.74) is 11.1. The molecule has 146 valence electrons. The van der Waals surface area contributed by atoms with Gasteiger partial charge in [-0.1, -0.05) is 32.6 Å². The number of aromatic nitrogens is 3. The molecular weight excluding hydrogens is 344 g/mol. The van der Waals surface area contributed by atoms with Gasteiger partial charge in [0.15, 0.2) is 0 Å². The Bertz CT molecular complexity index is 1080. The summed E-state index contributed by atoms with van der Waals surface area (Å²) in [6.07, 6.45) is 4.91. The fourth-order valence-corrected chi connectivity index (χ4v) is 4.22. The molecule has 4 rings (SSSR count). The molecule has 2 N–H and O–H groups in total. The first-order chi connectivity index (χ1) is 13.6. The number of aromatic amines is 1. The van der Waals surface area contributed by atoms with Crippen LogP contribution in [0.3, 0.4) is 0 Å². The summed E-state index contributed by atoms with van der Waals surface area (Å²) >= 11 is 0. The van der Waals surface area contributed by atoms with Crippen LogP contribution in [0.5, 0.6) is 0 Å². The van der Waals surface area contributed by atoms with E-state index >= 15 is 0 Å². The lowest BCUT2D eigenvalue weighted by Gasteiger charge is -2.19. The largest absolute Gasteiger partial charge is 0.361 e. The van der Waals surface area contributed by atoms with Gasteiger partial charge in [0, 0.05) is 47.7 Å². The molecule has 4 nitrogen and oxygen atoms in total. The van der Waals surface area contributed by atoms with Gasteiger partial charge in [-0.2, -0.15) is 5.10 Å². The molecule has 2 aromatic heterocycles. The zero-order chi connectivity index (χ0) is 19.8. The second kappa shape index (κ2) is 7.44. The van der Waals surface area contributed by atoms with Crippen LogP contribution in [-0.2, 0) is 13.0 Å². The van der Waals surface area contributed by atoms with Crippen LogP contribution in [0, 0.1) is 6.92 Å². The topological polar surface area (TPSA) is 45.6 Å². The molecule has 3 heterocycles. The van der Waals surface area contributed by atoms with E-state index in [0.29, 0.717) is 0 Å². The zero-order valence-corrected chi connectivity index (χ0v) is 17.4. The van der Waals surface area contributed by atoms with E-state index in [1.807, 2.05) is 6.20 Å². The number of nitrogens with one attached hydrogen (secondary N) is 2. The first kappa shape index (κ1) is 18.8. The summed E-state index contributed by atoms with van der Waals surface area (Å²) in [7, 11) is 0. The fraction of sp³-hybridized carbons (Fsp3) is 0.375. The molecular formula is C24H30N4. The van der Waals surface area contributed by atoms with Gasteiger partial charge in [0.1, 0.15) is 0 Å². The van der Waals surface area contributed by atoms with Crippen LogP contribution in [0.4, 0.5) is 0 Å². The molecule has 0 spiro atoms. The van der Waals surface area contributed by atoms with E-state index in [1.165, 1.54) is 50.3 Å². The number of allylic oxidation sites excluding steroid dienone is 3. The van der Waals surface area contributed by atoms with Crippen molar-refractivity contribution in [3.8, 4) is 11.3 Å². The highest BCUT2D eigenvalue weighted by molar-refractivity contribution is 5.97. The van der Waals surface area contributed by atoms with Crippen LogP contribution < -0.4 is 5.32 Å². The van der Waals surface area contributed by atoms with Crippen LogP contribution >= 0.6 is 0 Å². The van der Waals surface area contributed by atoms with Crippen molar-refractivity contribution in [1.82, 2.24) is 20.1 Å². The number of H-pyrrole nitrogens is 1. The summed E-state index contributed by atoms with van der Waals surface area (Å²) < 4.78 is 2.19. The molecule has 1 aliphatic heterocycles. The molecule has 1 aromatic carbocycles. The molecule has 0 atom stereocenters. The van der Waals surface area contributed by atoms with Crippen molar-refractivity contribution in [2.24, 2.45) is 0 Å². The smallest absolute Gasteiger partial charge is 0.0795 e. The van der Waals surface area contributed by atoms with Crippen molar-refractivity contribution in [2.45, 2.75) is 53.5 Å². The molecule has 3 aromatic rings. The van der Waals surface area contributed by atoms with Crippen LogP contribution in [-0.4, -0.2) is 21.3 Å². The normalized spacial score (nSPS) is 14.9. The predicted molar refractivity (Wildman–Crippen MR) is 118 cm³/mol. The monoisotopic (exact) mass is 374 g/mol. The van der Waals surface area contributed by atoms with Crippen molar-refractivity contribution < 1.29 is 0 Å². The van der Waals surface area contributed by atoms with Crippen LogP contribution in [0.2, 0.25) is 0 Å². The number of aryl methyl sites for hydroxylation is 1. The lowest BCUT2D eigenvalue weighted by molar-refractivity contribution is 0.636. The number of hydrogen-bond donors (Lipinski definition) is 2. The molecule has 0 unspecified atom stereocenters. The molecule has 4 heteroatoms. The summed E-state index contributed by atoms with van der Waals surface area (Å²) in [6, 6.07) is 6.64. The maximum absolute atomic E-state index is 5.13. The number of fused-ring (bicyclic) bond motifs is 2. The third kappa shape index (κ3) is 2.92. The van der Waals surface area contributed by atoms with E-state index in [0.717, 1.165) is 37.9 Å². The zero-order valence-electron chi connectivity index (χ0n) is 17.4. The highest BCUT2D eigenvalue weighted by atomic mass is 15.3. The van der Waals surface area contributed by atoms with E-state index in [1.54, 1.807) is 0 Å². The predicted octanol–water partition coefficient (Wildman–Crippen LogP) is 5.59. The minimum Gasteiger partial charge on any atom is -0.361 e. The lowest BCUT2D eigenvalue weighted by Crippen LogP contribution is -2.23. The molecule has 0 aliphatic carbocycles. The van der Waals surface area contributed by atoms with Crippen molar-refractivity contribution in [3.05, 3.63) is 58.9 Å². The van der Waals surface area contributed by atoms with Crippen molar-refractivity contribution >= 4 is 16.6 Å². The molecule has 0 saturated heterocycles. The minimum atomic E-state index is 0.863. The maximum atomic E-state index is 5.13. The van der Waals surface area contributed by atoms with Gasteiger partial charge in [0.25, 0.3) is 0 Å². The van der Waals surface area contributed by atoms with Crippen LogP contribution in [0.1, 0.15) is 50.4 Å². The summed E-state index contributed by atoms with van der Waals surface area (Å²) in [4.78, 5) is 3.41. The molecule has 0 saturated carbocycles. The number of benzene rings is 1. The van der Waals surface area contributed by atoms with Crippen molar-refractivity contribution in [3.63, 3.8) is 0 Å². The van der Waals surface area contributed by atoms with Crippen LogP contribution in [0.25, 0.3) is 27.9 Å². The maximum Gasteiger partial charge on any atom is 0.0795 e. The Kier molecular flexibility index (Phi) is 4.98. The Balaban J connectivity index is 2.06. The number of rotatable bonds is 5. The van der Waals surface area contributed by atoms with Gasteiger partial charge in [-0.15, -0.1) is 0 Å². The highest BCUT2D eigenvalue weighted by Crippen LogP contribution is 2.38. The second-order valence-corrected chi connectivity index (χ2v) is 7.75. The first-order valence-corrected chi connectivity index (χ1v) is 10.3. The Morgan fingerprint density at radius 1 is 1.21 bits per heavy atom.